The lowest BCUT2D eigenvalue weighted by Crippen LogP contribution is -2.57. The minimum absolute atomic E-state index is 0.00835. The topological polar surface area (TPSA) is 276 Å². The highest BCUT2D eigenvalue weighted by Crippen LogP contribution is 2.45. The minimum Gasteiger partial charge on any atom is -0.391 e. The van der Waals surface area contributed by atoms with Crippen molar-refractivity contribution in [2.45, 2.75) is 165 Å². The maximum Gasteiger partial charge on any atom is 0.293 e. The Morgan fingerprint density at radius 3 is 2.20 bits per heavy atom. The molecule has 3 fully saturated rings. The second-order valence-corrected chi connectivity index (χ2v) is 36.2. The number of piperazine rings is 2. The quantitative estimate of drug-likeness (QED) is 0.0117. The van der Waals surface area contributed by atoms with Gasteiger partial charge in [-0.15, -0.1) is 23.1 Å². The number of carbonyl (C=O) groups excluding carboxylic acids is 5. The van der Waals surface area contributed by atoms with Gasteiger partial charge < -0.3 is 35.8 Å². The molecule has 6 heterocycles. The number of likely N-dealkylation sites (tertiary alicyclic amines) is 1. The molecular weight excluding hydrogens is 1490 g/mol. The maximum absolute atomic E-state index is 14.3. The summed E-state index contributed by atoms with van der Waals surface area (Å²) in [6.45, 7) is 21.9. The van der Waals surface area contributed by atoms with Crippen LogP contribution in [0.25, 0.3) is 16.0 Å². The summed E-state index contributed by atoms with van der Waals surface area (Å²) in [4.78, 5) is 105. The normalized spacial score (nSPS) is 19.5. The standard InChI is InChI=1S/C85H106ClN13O10S3/c1-58(60-20-22-63(23-21-60)79-59(2)88-57-111-79)89-82(104)76-49-69(100)53-98(76)83(105)80(84(3,4)5)91-77(101)18-12-7-8-13-19-78(102)97-47-43-95(44-48-97)56-85(6)37-34-72(61-24-28-66(86)29-25-61)65(51-85)52-94-41-45-96(46-42-94)68-30-26-64(27-31-68)81(103)92-112(108,109)71-32-33-73(75(50-71)99(106)107)90-67(55-110-70-16-10-9-11-17-70)36-40-93-39-35-62-15-14-38-87-74(62)54-93/h9-11,14-17,20-33,38,50,57-58,67,69,76,80,90,100H,7-8,12-13,18-19,34-37,39-49,51-56H2,1-6H3,(H,89,104)(H,91,101)(H,92,103)/t58-,67+,69+,76-,80+,85+/m0/s1. The number of nitro groups is 1. The van der Waals surface area contributed by atoms with Gasteiger partial charge in [-0.3, -0.25) is 53.8 Å². The third-order valence-corrected chi connectivity index (χ3v) is 26.3. The number of β-amino-alcohol motifs (C(OH)–C–C–N with tert-alkyl or cyclic N) is 1. The Bertz CT molecular complexity index is 4590. The van der Waals surface area contributed by atoms with Crippen LogP contribution in [0, 0.1) is 27.9 Å². The zero-order valence-corrected chi connectivity index (χ0v) is 68.3. The van der Waals surface area contributed by atoms with Crippen molar-refractivity contribution < 1.29 is 42.4 Å². The number of aromatic nitrogens is 2. The number of sulfonamides is 1. The number of thioether (sulfide) groups is 1. The second kappa shape index (κ2) is 37.6. The van der Waals surface area contributed by atoms with Gasteiger partial charge in [0.15, 0.2) is 0 Å². The number of amides is 5. The summed E-state index contributed by atoms with van der Waals surface area (Å²) in [5.41, 5.74) is 11.1. The number of pyridine rings is 1. The third-order valence-electron chi connectivity index (χ3n) is 22.6. The lowest BCUT2D eigenvalue weighted by Gasteiger charge is -2.44. The lowest BCUT2D eigenvalue weighted by atomic mass is 9.71. The van der Waals surface area contributed by atoms with E-state index in [9.17, 15) is 47.6 Å². The largest absolute Gasteiger partial charge is 0.391 e. The van der Waals surface area contributed by atoms with Crippen LogP contribution in [-0.2, 0) is 42.2 Å². The number of benzene rings is 5. The van der Waals surface area contributed by atoms with Crippen LogP contribution >= 0.6 is 34.7 Å². The van der Waals surface area contributed by atoms with E-state index in [4.69, 9.17) is 11.6 Å². The molecule has 12 rings (SSSR count). The summed E-state index contributed by atoms with van der Waals surface area (Å²) in [5, 5.41) is 33.6. The zero-order valence-electron chi connectivity index (χ0n) is 65.1. The van der Waals surface area contributed by atoms with Crippen LogP contribution in [0.15, 0.2) is 161 Å². The highest BCUT2D eigenvalue weighted by molar-refractivity contribution is 7.99. The molecule has 2 aromatic heterocycles. The van der Waals surface area contributed by atoms with Gasteiger partial charge in [-0.2, -0.15) is 0 Å². The number of thiazole rings is 1. The monoisotopic (exact) mass is 1600 g/mol. The molecule has 112 heavy (non-hydrogen) atoms. The van der Waals surface area contributed by atoms with E-state index in [0.717, 1.165) is 148 Å². The van der Waals surface area contributed by atoms with Gasteiger partial charge >= 0.3 is 0 Å². The van der Waals surface area contributed by atoms with E-state index in [2.05, 4.69) is 75.4 Å². The van der Waals surface area contributed by atoms with Crippen LogP contribution in [0.4, 0.5) is 17.1 Å². The highest BCUT2D eigenvalue weighted by atomic mass is 35.5. The number of hydrogen-bond donors (Lipinski definition) is 5. The summed E-state index contributed by atoms with van der Waals surface area (Å²) in [6, 6.07) is 38.3. The number of fused-ring (bicyclic) bond motifs is 1. The van der Waals surface area contributed by atoms with Crippen molar-refractivity contribution in [3.8, 4) is 10.4 Å². The fourth-order valence-electron chi connectivity index (χ4n) is 16.1. The van der Waals surface area contributed by atoms with Crippen LogP contribution in [0.5, 0.6) is 0 Å². The fourth-order valence-corrected chi connectivity index (χ4v) is 19.1. The zero-order chi connectivity index (χ0) is 79.3. The van der Waals surface area contributed by atoms with Crippen molar-refractivity contribution in [2.24, 2.45) is 10.8 Å². The number of carbonyl (C=O) groups is 5. The summed E-state index contributed by atoms with van der Waals surface area (Å²) in [5.74, 6) is -1.13. The highest BCUT2D eigenvalue weighted by Gasteiger charge is 2.45. The van der Waals surface area contributed by atoms with Gasteiger partial charge in [-0.1, -0.05) is 118 Å². The molecule has 3 saturated heterocycles. The molecule has 4 aliphatic heterocycles. The predicted octanol–water partition coefficient (Wildman–Crippen LogP) is 12.8. The van der Waals surface area contributed by atoms with Gasteiger partial charge in [-0.25, -0.2) is 18.1 Å². The Morgan fingerprint density at radius 1 is 0.795 bits per heavy atom. The van der Waals surface area contributed by atoms with Crippen LogP contribution in [-0.4, -0.2) is 198 Å². The van der Waals surface area contributed by atoms with Crippen LogP contribution < -0.4 is 25.6 Å². The van der Waals surface area contributed by atoms with Crippen molar-refractivity contribution >= 4 is 96.9 Å². The van der Waals surface area contributed by atoms with Crippen LogP contribution in [0.3, 0.4) is 0 Å². The number of hydrogen-bond acceptors (Lipinski definition) is 19. The Kier molecular flexibility index (Phi) is 27.8. The van der Waals surface area contributed by atoms with E-state index >= 15 is 0 Å². The average Bonchev–Trinajstić information content (AvgIpc) is 1.78. The van der Waals surface area contributed by atoms with Gasteiger partial charge in [0.2, 0.25) is 23.6 Å². The van der Waals surface area contributed by atoms with Gasteiger partial charge in [0.1, 0.15) is 17.8 Å². The minimum atomic E-state index is -4.53. The van der Waals surface area contributed by atoms with Crippen molar-refractivity contribution in [3.05, 3.63) is 200 Å². The number of nitro benzene ring substituents is 1. The third kappa shape index (κ3) is 21.8. The molecule has 0 radical (unpaired) electrons. The van der Waals surface area contributed by atoms with E-state index in [-0.39, 0.29) is 65.9 Å². The lowest BCUT2D eigenvalue weighted by molar-refractivity contribution is -0.384. The summed E-state index contributed by atoms with van der Waals surface area (Å²) in [7, 11) is -4.53. The first kappa shape index (κ1) is 82.8. The number of aliphatic hydroxyl groups is 1. The maximum atomic E-state index is 14.3. The Labute approximate surface area is 671 Å². The first-order valence-electron chi connectivity index (χ1n) is 39.3. The van der Waals surface area contributed by atoms with Crippen molar-refractivity contribution in [2.75, 3.05) is 101 Å². The first-order valence-corrected chi connectivity index (χ1v) is 43.0. The van der Waals surface area contributed by atoms with Gasteiger partial charge in [0.25, 0.3) is 21.6 Å². The van der Waals surface area contributed by atoms with Gasteiger partial charge in [0, 0.05) is 156 Å². The number of nitrogens with one attached hydrogen (secondary N) is 4. The summed E-state index contributed by atoms with van der Waals surface area (Å²) in [6.07, 6.45) is 8.96. The molecule has 6 atom stereocenters. The predicted molar refractivity (Wildman–Crippen MR) is 443 cm³/mol. The van der Waals surface area contributed by atoms with Gasteiger partial charge in [-0.05, 0) is 164 Å². The molecular formula is C85H106ClN13O10S3. The molecule has 5 amide bonds. The molecule has 5 aromatic carbocycles. The number of rotatable bonds is 31. The second-order valence-electron chi connectivity index (χ2n) is 32.1. The fraction of sp³-hybridized carbons (Fsp3) is 0.471. The molecule has 23 nitrogen and oxygen atoms in total. The molecule has 5 aliphatic rings. The van der Waals surface area contributed by atoms with E-state index in [1.165, 1.54) is 39.3 Å². The van der Waals surface area contributed by atoms with E-state index in [1.54, 1.807) is 35.2 Å². The number of aliphatic hydroxyl groups excluding tert-OH is 1. The molecule has 0 saturated carbocycles. The number of allylic oxidation sites excluding steroid dienone is 1. The number of nitrogens with zero attached hydrogens (tertiary/aromatic N) is 9. The van der Waals surface area contributed by atoms with E-state index < -0.39 is 60.9 Å². The van der Waals surface area contributed by atoms with Crippen molar-refractivity contribution in [1.82, 2.24) is 49.8 Å². The number of unbranched alkanes of at least 4 members (excludes halogenated alkanes) is 3. The molecule has 596 valence electrons. The average molecular weight is 1600 g/mol. The van der Waals surface area contributed by atoms with Crippen LogP contribution in [0.1, 0.15) is 150 Å². The molecule has 0 spiro atoms. The molecule has 0 bridgehead atoms. The molecule has 7 aromatic rings. The molecule has 27 heteroatoms. The smallest absolute Gasteiger partial charge is 0.293 e. The van der Waals surface area contributed by atoms with Crippen LogP contribution in [0.2, 0.25) is 5.02 Å². The van der Waals surface area contributed by atoms with E-state index in [0.29, 0.717) is 56.1 Å². The van der Waals surface area contributed by atoms with E-state index in [1.807, 2.05) is 136 Å². The Morgan fingerprint density at radius 2 is 1.50 bits per heavy atom. The van der Waals surface area contributed by atoms with Crippen molar-refractivity contribution in [3.63, 3.8) is 0 Å². The molecule has 0 unspecified atom stereocenters. The number of anilines is 2. The SMILES string of the molecule is Cc1ncsc1-c1ccc([C@H](C)NC(=O)[C@@H]2C[C@@H](O)CN2C(=O)[C@@H](NC(=O)CCCCCCC(=O)N2CCN(C[C@]3(C)CCC(c4ccc(Cl)cc4)=C(CN4CCN(c5ccc(C(=O)NS(=O)(=O)c6ccc(N[C@H](CCN7CCc8cccnc8C7)CSc7ccccc7)c([N+](=O)[O-])c6)cc5)CC4)C3)CC2)C(C)(C)C)cc1. The first-order chi connectivity index (χ1) is 53.7. The Hall–Kier alpha value is -8.60. The van der Waals surface area contributed by atoms with Gasteiger partial charge in [0.05, 0.1) is 43.7 Å². The summed E-state index contributed by atoms with van der Waals surface area (Å²) >= 11 is 9.63. The summed E-state index contributed by atoms with van der Waals surface area (Å²) < 4.78 is 29.8. The molecule has 1 aliphatic carbocycles. The molecule has 5 N–H and O–H groups in total. The van der Waals surface area contributed by atoms with Crippen molar-refractivity contribution in [1.29, 1.82) is 0 Å². The number of aryl methyl sites for hydroxylation is 1. The number of halogens is 1. The Balaban J connectivity index is 0.570.